The lowest BCUT2D eigenvalue weighted by molar-refractivity contribution is -0.132. The van der Waals surface area contributed by atoms with Gasteiger partial charge in [0.2, 0.25) is 5.91 Å². The third-order valence-corrected chi connectivity index (χ3v) is 4.94. The number of amides is 2. The zero-order valence-electron chi connectivity index (χ0n) is 16.8. The van der Waals surface area contributed by atoms with E-state index in [-0.39, 0.29) is 11.8 Å². The van der Waals surface area contributed by atoms with Crippen molar-refractivity contribution >= 4 is 23.4 Å². The summed E-state index contributed by atoms with van der Waals surface area (Å²) in [5.41, 5.74) is 0.395. The Hall–Kier alpha value is -1.95. The summed E-state index contributed by atoms with van der Waals surface area (Å²) in [5, 5.41) is 0.330. The van der Waals surface area contributed by atoms with Crippen molar-refractivity contribution in [2.24, 2.45) is 5.92 Å². The average Bonchev–Trinajstić information content (AvgIpc) is 3.10. The first kappa shape index (κ1) is 21.4. The first-order valence-electron chi connectivity index (χ1n) is 9.28. The van der Waals surface area contributed by atoms with Gasteiger partial charge in [-0.3, -0.25) is 9.59 Å². The highest BCUT2D eigenvalue weighted by Crippen LogP contribution is 2.37. The summed E-state index contributed by atoms with van der Waals surface area (Å²) >= 11 is 6.38. The standard InChI is InChI=1S/C20H29ClN2O4/c1-13(2)8-10-27-18-15(21)11-14(12-17(18)26-5)19(24)23-9-6-7-16(23)20(25)22(3)4/h11-13,16H,6-10H2,1-5H3. The molecule has 7 heteroatoms. The van der Waals surface area contributed by atoms with E-state index in [1.807, 2.05) is 0 Å². The fourth-order valence-corrected chi connectivity index (χ4v) is 3.38. The molecule has 1 heterocycles. The monoisotopic (exact) mass is 396 g/mol. The van der Waals surface area contributed by atoms with Crippen molar-refractivity contribution in [3.05, 3.63) is 22.7 Å². The first-order valence-corrected chi connectivity index (χ1v) is 9.66. The van der Waals surface area contributed by atoms with Gasteiger partial charge in [0.15, 0.2) is 11.5 Å². The van der Waals surface area contributed by atoms with Crippen molar-refractivity contribution in [1.29, 1.82) is 0 Å². The fourth-order valence-electron chi connectivity index (χ4n) is 3.11. The summed E-state index contributed by atoms with van der Waals surface area (Å²) < 4.78 is 11.2. The minimum absolute atomic E-state index is 0.0625. The minimum Gasteiger partial charge on any atom is -0.493 e. The zero-order chi connectivity index (χ0) is 20.1. The molecule has 1 fully saturated rings. The van der Waals surface area contributed by atoms with Gasteiger partial charge in [0.25, 0.3) is 5.91 Å². The number of likely N-dealkylation sites (N-methyl/N-ethyl adjacent to an activating group) is 1. The van der Waals surface area contributed by atoms with Crippen molar-refractivity contribution in [1.82, 2.24) is 9.80 Å². The van der Waals surface area contributed by atoms with Crippen molar-refractivity contribution in [3.8, 4) is 11.5 Å². The number of likely N-dealkylation sites (tertiary alicyclic amines) is 1. The van der Waals surface area contributed by atoms with Gasteiger partial charge in [-0.2, -0.15) is 0 Å². The van der Waals surface area contributed by atoms with Crippen LogP contribution in [0.15, 0.2) is 12.1 Å². The molecule has 1 aliphatic rings. The van der Waals surface area contributed by atoms with Crippen LogP contribution in [0.4, 0.5) is 0 Å². The first-order chi connectivity index (χ1) is 12.8. The highest BCUT2D eigenvalue weighted by atomic mass is 35.5. The lowest BCUT2D eigenvalue weighted by Gasteiger charge is -2.26. The molecule has 150 valence electrons. The number of carbonyl (C=O) groups excluding carboxylic acids is 2. The molecule has 1 aromatic carbocycles. The number of rotatable bonds is 7. The van der Waals surface area contributed by atoms with Crippen LogP contribution >= 0.6 is 11.6 Å². The van der Waals surface area contributed by atoms with Crippen molar-refractivity contribution in [3.63, 3.8) is 0 Å². The molecule has 27 heavy (non-hydrogen) atoms. The third-order valence-electron chi connectivity index (χ3n) is 4.66. The Bertz CT molecular complexity index is 691. The number of ether oxygens (including phenoxy) is 2. The predicted molar refractivity (Wildman–Crippen MR) is 106 cm³/mol. The summed E-state index contributed by atoms with van der Waals surface area (Å²) in [4.78, 5) is 28.5. The quantitative estimate of drug-likeness (QED) is 0.708. The molecule has 0 N–H and O–H groups in total. The van der Waals surface area contributed by atoms with Gasteiger partial charge >= 0.3 is 0 Å². The maximum absolute atomic E-state index is 13.0. The second-order valence-corrected chi connectivity index (χ2v) is 7.82. The van der Waals surface area contributed by atoms with Crippen LogP contribution in [-0.2, 0) is 4.79 Å². The maximum atomic E-state index is 13.0. The predicted octanol–water partition coefficient (Wildman–Crippen LogP) is 3.47. The Morgan fingerprint density at radius 3 is 2.63 bits per heavy atom. The molecule has 2 rings (SSSR count). The molecule has 1 saturated heterocycles. The van der Waals surface area contributed by atoms with E-state index in [0.29, 0.717) is 47.6 Å². The van der Waals surface area contributed by atoms with Gasteiger partial charge in [-0.15, -0.1) is 0 Å². The highest BCUT2D eigenvalue weighted by Gasteiger charge is 2.35. The van der Waals surface area contributed by atoms with Crippen LogP contribution in [0.5, 0.6) is 11.5 Å². The molecule has 2 amide bonds. The number of hydrogen-bond donors (Lipinski definition) is 0. The van der Waals surface area contributed by atoms with Gasteiger partial charge in [0, 0.05) is 26.2 Å². The van der Waals surface area contributed by atoms with Crippen LogP contribution in [0.25, 0.3) is 0 Å². The fraction of sp³-hybridized carbons (Fsp3) is 0.600. The lowest BCUT2D eigenvalue weighted by atomic mass is 10.1. The van der Waals surface area contributed by atoms with E-state index in [0.717, 1.165) is 12.8 Å². The second kappa shape index (κ2) is 9.31. The maximum Gasteiger partial charge on any atom is 0.254 e. The van der Waals surface area contributed by atoms with Gasteiger partial charge in [-0.25, -0.2) is 0 Å². The molecule has 6 nitrogen and oxygen atoms in total. The van der Waals surface area contributed by atoms with E-state index in [4.69, 9.17) is 21.1 Å². The minimum atomic E-state index is -0.431. The summed E-state index contributed by atoms with van der Waals surface area (Å²) in [5.74, 6) is 1.09. The summed E-state index contributed by atoms with van der Waals surface area (Å²) in [6.07, 6.45) is 2.36. The molecule has 0 spiro atoms. The Balaban J connectivity index is 2.23. The number of hydrogen-bond acceptors (Lipinski definition) is 4. The average molecular weight is 397 g/mol. The molecule has 0 aromatic heterocycles. The number of halogens is 1. The number of nitrogens with zero attached hydrogens (tertiary/aromatic N) is 2. The van der Waals surface area contributed by atoms with Crippen molar-refractivity contribution < 1.29 is 19.1 Å². The molecular weight excluding hydrogens is 368 g/mol. The SMILES string of the molecule is COc1cc(C(=O)N2CCCC2C(=O)N(C)C)cc(Cl)c1OCCC(C)C. The van der Waals surface area contributed by atoms with E-state index < -0.39 is 6.04 Å². The smallest absolute Gasteiger partial charge is 0.254 e. The molecule has 1 unspecified atom stereocenters. The van der Waals surface area contributed by atoms with Crippen LogP contribution in [0.1, 0.15) is 43.5 Å². The zero-order valence-corrected chi connectivity index (χ0v) is 17.5. The van der Waals surface area contributed by atoms with Crippen LogP contribution in [0.2, 0.25) is 5.02 Å². The molecule has 1 aliphatic heterocycles. The van der Waals surface area contributed by atoms with Crippen LogP contribution in [-0.4, -0.2) is 62.0 Å². The number of methoxy groups -OCH3 is 1. The molecule has 0 radical (unpaired) electrons. The number of carbonyl (C=O) groups is 2. The number of benzene rings is 1. The van der Waals surface area contributed by atoms with Gasteiger partial charge in [-0.05, 0) is 37.3 Å². The van der Waals surface area contributed by atoms with E-state index in [1.54, 1.807) is 31.1 Å². The highest BCUT2D eigenvalue weighted by molar-refractivity contribution is 6.32. The summed E-state index contributed by atoms with van der Waals surface area (Å²) in [6.45, 7) is 5.30. The molecule has 0 bridgehead atoms. The molecule has 1 aromatic rings. The van der Waals surface area contributed by atoms with Crippen molar-refractivity contribution in [2.45, 2.75) is 39.2 Å². The Morgan fingerprint density at radius 1 is 1.33 bits per heavy atom. The van der Waals surface area contributed by atoms with E-state index in [2.05, 4.69) is 13.8 Å². The summed E-state index contributed by atoms with van der Waals surface area (Å²) in [6, 6.07) is 2.79. The van der Waals surface area contributed by atoms with Gasteiger partial charge in [0.05, 0.1) is 18.7 Å². The molecule has 0 saturated carbocycles. The largest absolute Gasteiger partial charge is 0.493 e. The van der Waals surface area contributed by atoms with Crippen molar-refractivity contribution in [2.75, 3.05) is 34.4 Å². The Kier molecular flexibility index (Phi) is 7.36. The van der Waals surface area contributed by atoms with Crippen LogP contribution in [0.3, 0.4) is 0 Å². The third kappa shape index (κ3) is 5.06. The normalized spacial score (nSPS) is 16.6. The molecule has 0 aliphatic carbocycles. The van der Waals surface area contributed by atoms with E-state index in [1.165, 1.54) is 12.0 Å². The van der Waals surface area contributed by atoms with Crippen LogP contribution < -0.4 is 9.47 Å². The topological polar surface area (TPSA) is 59.1 Å². The molecule has 1 atom stereocenters. The second-order valence-electron chi connectivity index (χ2n) is 7.41. The molecular formula is C20H29ClN2O4. The van der Waals surface area contributed by atoms with Gasteiger partial charge in [-0.1, -0.05) is 25.4 Å². The Labute approximate surface area is 166 Å². The van der Waals surface area contributed by atoms with E-state index >= 15 is 0 Å². The van der Waals surface area contributed by atoms with Gasteiger partial charge < -0.3 is 19.3 Å². The van der Waals surface area contributed by atoms with Crippen LogP contribution in [0, 0.1) is 5.92 Å². The Morgan fingerprint density at radius 2 is 2.04 bits per heavy atom. The lowest BCUT2D eigenvalue weighted by Crippen LogP contribution is -2.45. The van der Waals surface area contributed by atoms with Gasteiger partial charge in [0.1, 0.15) is 6.04 Å². The summed E-state index contributed by atoms with van der Waals surface area (Å²) in [7, 11) is 4.92. The van der Waals surface area contributed by atoms with E-state index in [9.17, 15) is 9.59 Å².